The third kappa shape index (κ3) is 5.77. The number of carbonyl (C=O) groups excluding carboxylic acids is 2. The summed E-state index contributed by atoms with van der Waals surface area (Å²) in [5.41, 5.74) is 1.21. The van der Waals surface area contributed by atoms with E-state index in [1.807, 2.05) is 0 Å². The van der Waals surface area contributed by atoms with Crippen LogP contribution in [-0.4, -0.2) is 76.6 Å². The van der Waals surface area contributed by atoms with Gasteiger partial charge in [-0.05, 0) is 37.1 Å². The molecule has 3 atom stereocenters. The number of aliphatic hydroxyl groups excluding tert-OH is 2. The van der Waals surface area contributed by atoms with Crippen molar-refractivity contribution >= 4 is 29.1 Å². The van der Waals surface area contributed by atoms with Crippen LogP contribution in [0.5, 0.6) is 5.75 Å². The zero-order chi connectivity index (χ0) is 26.9. The normalized spacial score (nSPS) is 18.3. The molecule has 0 aromatic carbocycles. The summed E-state index contributed by atoms with van der Waals surface area (Å²) in [5, 5.41) is 20.9. The molecule has 2 amide bonds. The number of hydrogen-bond acceptors (Lipinski definition) is 8. The third-order valence-corrected chi connectivity index (χ3v) is 6.42. The molecule has 4 heterocycles. The van der Waals surface area contributed by atoms with Gasteiger partial charge in [-0.15, -0.1) is 0 Å². The van der Waals surface area contributed by atoms with Crippen molar-refractivity contribution in [2.75, 3.05) is 41.4 Å². The summed E-state index contributed by atoms with van der Waals surface area (Å²) < 4.78 is 44.3. The van der Waals surface area contributed by atoms with E-state index in [1.165, 1.54) is 29.3 Å². The number of nitrogens with one attached hydrogen (secondary N) is 1. The van der Waals surface area contributed by atoms with E-state index < -0.39 is 43.0 Å². The number of hydrogen-bond donors (Lipinski definition) is 3. The van der Waals surface area contributed by atoms with E-state index in [0.29, 0.717) is 36.5 Å². The van der Waals surface area contributed by atoms with Gasteiger partial charge < -0.3 is 19.8 Å². The lowest BCUT2D eigenvalue weighted by atomic mass is 10.0. The Morgan fingerprint density at radius 3 is 2.73 bits per heavy atom. The van der Waals surface area contributed by atoms with Crippen molar-refractivity contribution in [3.63, 3.8) is 0 Å². The van der Waals surface area contributed by atoms with E-state index >= 15 is 0 Å². The first-order chi connectivity index (χ1) is 17.5. The second-order valence-electron chi connectivity index (χ2n) is 9.28. The van der Waals surface area contributed by atoms with E-state index in [2.05, 4.69) is 20.2 Å². The smallest absolute Gasteiger partial charge is 0.391 e. The maximum absolute atomic E-state index is 13.3. The molecule has 0 unspecified atom stereocenters. The molecule has 13 heteroatoms. The number of ketones is 1. The zero-order valence-corrected chi connectivity index (χ0v) is 20.3. The first-order valence-electron chi connectivity index (χ1n) is 11.8. The highest BCUT2D eigenvalue weighted by Gasteiger charge is 2.42. The number of anilines is 3. The van der Waals surface area contributed by atoms with Crippen molar-refractivity contribution in [3.8, 4) is 5.75 Å². The van der Waals surface area contributed by atoms with Crippen LogP contribution in [0.15, 0.2) is 24.4 Å². The number of alkyl halides is 3. The molecule has 200 valence electrons. The fourth-order valence-electron chi connectivity index (χ4n) is 4.39. The van der Waals surface area contributed by atoms with Crippen molar-refractivity contribution in [1.82, 2.24) is 9.97 Å². The minimum Gasteiger partial charge on any atom is -0.489 e. The molecule has 0 spiro atoms. The predicted molar refractivity (Wildman–Crippen MR) is 128 cm³/mol. The average Bonchev–Trinajstić information content (AvgIpc) is 3.25. The molecule has 4 rings (SSSR count). The first kappa shape index (κ1) is 26.6. The Labute approximate surface area is 211 Å². The summed E-state index contributed by atoms with van der Waals surface area (Å²) in [4.78, 5) is 38.1. The SMILES string of the molecule is Cc1cc(C(=O)C[C@H](C)C(F)(F)F)nc2c1N1CC[C@@H](C1)N2C(=O)Nc1ccc(OC[C@@H](O)CO)cn1. The number of pyridine rings is 2. The summed E-state index contributed by atoms with van der Waals surface area (Å²) in [7, 11) is 0. The molecule has 37 heavy (non-hydrogen) atoms. The lowest BCUT2D eigenvalue weighted by Gasteiger charge is -2.36. The number of Topliss-reactive ketones (excluding diaryl/α,β-unsaturated/α-hetero) is 1. The fourth-order valence-corrected chi connectivity index (χ4v) is 4.39. The molecular formula is C24H28F3N5O5. The quantitative estimate of drug-likeness (QED) is 0.451. The highest BCUT2D eigenvalue weighted by molar-refractivity contribution is 6.05. The van der Waals surface area contributed by atoms with Gasteiger partial charge in [0, 0.05) is 19.5 Å². The van der Waals surface area contributed by atoms with Crippen molar-refractivity contribution in [2.24, 2.45) is 5.92 Å². The monoisotopic (exact) mass is 523 g/mol. The van der Waals surface area contributed by atoms with E-state index in [4.69, 9.17) is 9.84 Å². The summed E-state index contributed by atoms with van der Waals surface area (Å²) in [5.74, 6) is -1.79. The van der Waals surface area contributed by atoms with Gasteiger partial charge in [-0.2, -0.15) is 13.2 Å². The van der Waals surface area contributed by atoms with Gasteiger partial charge in [-0.3, -0.25) is 15.0 Å². The van der Waals surface area contributed by atoms with Gasteiger partial charge in [0.1, 0.15) is 30.0 Å². The van der Waals surface area contributed by atoms with Gasteiger partial charge in [0.15, 0.2) is 11.6 Å². The summed E-state index contributed by atoms with van der Waals surface area (Å²) >= 11 is 0. The number of amides is 2. The van der Waals surface area contributed by atoms with Crippen LogP contribution >= 0.6 is 0 Å². The number of aryl methyl sites for hydroxylation is 1. The minimum atomic E-state index is -4.50. The van der Waals surface area contributed by atoms with Gasteiger partial charge in [0.05, 0.1) is 30.5 Å². The second-order valence-corrected chi connectivity index (χ2v) is 9.28. The number of fused-ring (bicyclic) bond motifs is 4. The molecule has 0 radical (unpaired) electrons. The molecule has 10 nitrogen and oxygen atoms in total. The molecule has 2 bridgehead atoms. The molecule has 1 saturated heterocycles. The second kappa shape index (κ2) is 10.5. The van der Waals surface area contributed by atoms with Crippen molar-refractivity contribution < 1.29 is 37.7 Å². The molecule has 2 aliphatic heterocycles. The summed E-state index contributed by atoms with van der Waals surface area (Å²) in [6, 6.07) is 3.75. The number of urea groups is 1. The first-order valence-corrected chi connectivity index (χ1v) is 11.8. The zero-order valence-electron chi connectivity index (χ0n) is 20.3. The third-order valence-electron chi connectivity index (χ3n) is 6.42. The summed E-state index contributed by atoms with van der Waals surface area (Å²) in [6.45, 7) is 3.36. The predicted octanol–water partition coefficient (Wildman–Crippen LogP) is 2.92. The maximum Gasteiger partial charge on any atom is 0.391 e. The number of nitrogens with zero attached hydrogens (tertiary/aromatic N) is 4. The number of carbonyl (C=O) groups is 2. The number of aliphatic hydroxyl groups is 2. The van der Waals surface area contributed by atoms with Crippen LogP contribution in [0, 0.1) is 12.8 Å². The van der Waals surface area contributed by atoms with Crippen molar-refractivity contribution in [2.45, 2.75) is 45.0 Å². The number of ether oxygens (including phenoxy) is 1. The number of aromatic nitrogens is 2. The maximum atomic E-state index is 13.3. The van der Waals surface area contributed by atoms with Gasteiger partial charge in [-0.25, -0.2) is 14.8 Å². The van der Waals surface area contributed by atoms with Gasteiger partial charge in [-0.1, -0.05) is 6.92 Å². The Morgan fingerprint density at radius 1 is 1.32 bits per heavy atom. The van der Waals surface area contributed by atoms with Crippen molar-refractivity contribution in [1.29, 1.82) is 0 Å². The molecule has 2 aliphatic rings. The van der Waals surface area contributed by atoms with Crippen LogP contribution in [0.25, 0.3) is 0 Å². The van der Waals surface area contributed by atoms with Crippen molar-refractivity contribution in [3.05, 3.63) is 35.7 Å². The van der Waals surface area contributed by atoms with Crippen LogP contribution in [0.3, 0.4) is 0 Å². The van der Waals surface area contributed by atoms with E-state index in [1.54, 1.807) is 6.92 Å². The minimum absolute atomic E-state index is 0.114. The number of rotatable bonds is 8. The Kier molecular flexibility index (Phi) is 7.55. The van der Waals surface area contributed by atoms with E-state index in [0.717, 1.165) is 6.92 Å². The average molecular weight is 524 g/mol. The molecule has 3 N–H and O–H groups in total. The van der Waals surface area contributed by atoms with Crippen LogP contribution < -0.4 is 19.9 Å². The molecule has 0 saturated carbocycles. The van der Waals surface area contributed by atoms with Gasteiger partial charge in [0.25, 0.3) is 0 Å². The van der Waals surface area contributed by atoms with Gasteiger partial charge in [0.2, 0.25) is 0 Å². The molecule has 0 aliphatic carbocycles. The topological polar surface area (TPSA) is 128 Å². The lowest BCUT2D eigenvalue weighted by molar-refractivity contribution is -0.168. The standard InChI is InChI=1S/C24H28F3N5O5/c1-13-7-18(19(35)8-14(2)24(25,26)27)29-22-21(13)31-6-5-15(10-31)32(22)23(36)30-20-4-3-17(9-28-20)37-12-16(34)11-33/h3-4,7,9,14-16,33-34H,5-6,8,10-12H2,1-2H3,(H,28,30,36)/t14-,15-,16-/m0/s1. The van der Waals surface area contributed by atoms with Crippen LogP contribution in [0.4, 0.5) is 35.3 Å². The molecule has 2 aromatic heterocycles. The van der Waals surface area contributed by atoms with E-state index in [-0.39, 0.29) is 30.0 Å². The Bertz CT molecular complexity index is 1160. The lowest BCUT2D eigenvalue weighted by Crippen LogP contribution is -2.48. The van der Waals surface area contributed by atoms with Crippen LogP contribution in [0.2, 0.25) is 0 Å². The summed E-state index contributed by atoms with van der Waals surface area (Å²) in [6.07, 6.45) is -4.26. The highest BCUT2D eigenvalue weighted by Crippen LogP contribution is 2.42. The Morgan fingerprint density at radius 2 is 2.08 bits per heavy atom. The largest absolute Gasteiger partial charge is 0.489 e. The van der Waals surface area contributed by atoms with Crippen LogP contribution in [0.1, 0.15) is 35.8 Å². The van der Waals surface area contributed by atoms with Crippen LogP contribution in [-0.2, 0) is 0 Å². The fraction of sp³-hybridized carbons (Fsp3) is 0.500. The highest BCUT2D eigenvalue weighted by atomic mass is 19.4. The molecule has 2 aromatic rings. The Hall–Kier alpha value is -3.45. The molecule has 1 fully saturated rings. The number of halogens is 3. The Balaban J connectivity index is 1.56. The molecular weight excluding hydrogens is 495 g/mol. The van der Waals surface area contributed by atoms with Gasteiger partial charge >= 0.3 is 12.2 Å². The van der Waals surface area contributed by atoms with E-state index in [9.17, 15) is 27.9 Å².